The Morgan fingerprint density at radius 3 is 2.62 bits per heavy atom. The molecule has 110 valence electrons. The maximum absolute atomic E-state index is 12.5. The van der Waals surface area contributed by atoms with E-state index < -0.39 is 0 Å². The molecular weight excluding hydrogens is 264 g/mol. The number of nitrogens with zero attached hydrogens (tertiary/aromatic N) is 3. The van der Waals surface area contributed by atoms with E-state index in [-0.39, 0.29) is 5.91 Å². The van der Waals surface area contributed by atoms with Crippen LogP contribution in [0.1, 0.15) is 30.0 Å². The molecule has 0 spiro atoms. The molecule has 1 amide bonds. The van der Waals surface area contributed by atoms with E-state index in [1.54, 1.807) is 23.4 Å². The van der Waals surface area contributed by atoms with E-state index in [9.17, 15) is 4.79 Å². The fourth-order valence-corrected chi connectivity index (χ4v) is 2.01. The summed E-state index contributed by atoms with van der Waals surface area (Å²) in [4.78, 5) is 22.7. The molecule has 0 saturated carbocycles. The molecule has 0 radical (unpaired) electrons. The summed E-state index contributed by atoms with van der Waals surface area (Å²) in [5, 5.41) is 3.16. The van der Waals surface area contributed by atoms with Gasteiger partial charge in [-0.15, -0.1) is 0 Å². The van der Waals surface area contributed by atoms with Crippen LogP contribution in [-0.4, -0.2) is 33.9 Å². The molecular formula is C16H20N4O. The van der Waals surface area contributed by atoms with E-state index >= 15 is 0 Å². The minimum atomic E-state index is -0.0776. The van der Waals surface area contributed by atoms with Gasteiger partial charge in [0.1, 0.15) is 5.69 Å². The molecule has 0 saturated heterocycles. The molecule has 0 aliphatic heterocycles. The van der Waals surface area contributed by atoms with Gasteiger partial charge in [0.15, 0.2) is 0 Å². The fourth-order valence-electron chi connectivity index (χ4n) is 2.01. The summed E-state index contributed by atoms with van der Waals surface area (Å²) in [6.07, 6.45) is 3.42. The maximum Gasteiger partial charge on any atom is 0.272 e. The van der Waals surface area contributed by atoms with Gasteiger partial charge in [-0.2, -0.15) is 0 Å². The van der Waals surface area contributed by atoms with Crippen LogP contribution >= 0.6 is 0 Å². The summed E-state index contributed by atoms with van der Waals surface area (Å²) in [5.74, 6) is -0.0776. The Morgan fingerprint density at radius 2 is 2.05 bits per heavy atom. The minimum absolute atomic E-state index is 0.0776. The van der Waals surface area contributed by atoms with Gasteiger partial charge in [-0.1, -0.05) is 6.07 Å². The van der Waals surface area contributed by atoms with Crippen molar-refractivity contribution in [2.24, 2.45) is 0 Å². The molecule has 2 heterocycles. The third-order valence-electron chi connectivity index (χ3n) is 3.11. The van der Waals surface area contributed by atoms with Gasteiger partial charge in [0.25, 0.3) is 5.91 Å². The van der Waals surface area contributed by atoms with Gasteiger partial charge in [-0.3, -0.25) is 9.78 Å². The molecule has 0 bridgehead atoms. The first-order valence-corrected chi connectivity index (χ1v) is 7.13. The predicted molar refractivity (Wildman–Crippen MR) is 83.1 cm³/mol. The molecule has 0 unspecified atom stereocenters. The van der Waals surface area contributed by atoms with Crippen LogP contribution in [0.2, 0.25) is 0 Å². The van der Waals surface area contributed by atoms with Crippen LogP contribution in [0.5, 0.6) is 0 Å². The quantitative estimate of drug-likeness (QED) is 0.885. The van der Waals surface area contributed by atoms with Crippen molar-refractivity contribution in [1.82, 2.24) is 14.9 Å². The van der Waals surface area contributed by atoms with Gasteiger partial charge in [0, 0.05) is 19.3 Å². The van der Waals surface area contributed by atoms with Crippen molar-refractivity contribution in [3.05, 3.63) is 54.1 Å². The zero-order valence-electron chi connectivity index (χ0n) is 12.4. The molecule has 5 nitrogen and oxygen atoms in total. The van der Waals surface area contributed by atoms with Crippen LogP contribution in [0.3, 0.4) is 0 Å². The fraction of sp³-hybridized carbons (Fsp3) is 0.312. The molecule has 21 heavy (non-hydrogen) atoms. The normalized spacial score (nSPS) is 10.2. The second-order valence-electron chi connectivity index (χ2n) is 4.60. The number of hydrogen-bond donors (Lipinski definition) is 1. The number of pyridine rings is 2. The van der Waals surface area contributed by atoms with Crippen molar-refractivity contribution in [2.45, 2.75) is 20.4 Å². The van der Waals surface area contributed by atoms with Crippen molar-refractivity contribution >= 4 is 11.6 Å². The second kappa shape index (κ2) is 7.38. The number of hydrogen-bond acceptors (Lipinski definition) is 4. The van der Waals surface area contributed by atoms with Crippen molar-refractivity contribution in [1.29, 1.82) is 0 Å². The summed E-state index contributed by atoms with van der Waals surface area (Å²) < 4.78 is 0. The van der Waals surface area contributed by atoms with Gasteiger partial charge >= 0.3 is 0 Å². The van der Waals surface area contributed by atoms with Crippen LogP contribution in [0.4, 0.5) is 5.69 Å². The first-order chi connectivity index (χ1) is 10.2. The van der Waals surface area contributed by atoms with Crippen LogP contribution in [0, 0.1) is 0 Å². The highest BCUT2D eigenvalue weighted by atomic mass is 16.2. The van der Waals surface area contributed by atoms with E-state index in [0.29, 0.717) is 18.8 Å². The smallest absolute Gasteiger partial charge is 0.272 e. The van der Waals surface area contributed by atoms with E-state index in [2.05, 4.69) is 15.3 Å². The number of aromatic nitrogens is 2. The van der Waals surface area contributed by atoms with Crippen molar-refractivity contribution in [3.63, 3.8) is 0 Å². The lowest BCUT2D eigenvalue weighted by atomic mass is 10.2. The summed E-state index contributed by atoms with van der Waals surface area (Å²) in [6.45, 7) is 5.91. The molecule has 0 aromatic carbocycles. The molecule has 2 aromatic rings. The van der Waals surface area contributed by atoms with Gasteiger partial charge in [-0.25, -0.2) is 4.98 Å². The molecule has 0 fully saturated rings. The minimum Gasteiger partial charge on any atom is -0.384 e. The Morgan fingerprint density at radius 1 is 1.19 bits per heavy atom. The Balaban J connectivity index is 2.08. The number of carbonyl (C=O) groups is 1. The predicted octanol–water partition coefficient (Wildman–Crippen LogP) is 2.57. The van der Waals surface area contributed by atoms with Crippen LogP contribution in [-0.2, 0) is 6.54 Å². The van der Waals surface area contributed by atoms with Crippen molar-refractivity contribution in [3.8, 4) is 0 Å². The van der Waals surface area contributed by atoms with Crippen LogP contribution in [0.25, 0.3) is 0 Å². The Bertz CT molecular complexity index is 569. The topological polar surface area (TPSA) is 58.1 Å². The maximum atomic E-state index is 12.5. The molecule has 2 aromatic heterocycles. The highest BCUT2D eigenvalue weighted by molar-refractivity contribution is 5.92. The van der Waals surface area contributed by atoms with Crippen LogP contribution < -0.4 is 5.32 Å². The van der Waals surface area contributed by atoms with Crippen molar-refractivity contribution < 1.29 is 4.79 Å². The standard InChI is InChI=1S/C16H20N4O/c1-3-17-13-8-9-15(19-11-13)16(21)20(4-2)12-14-7-5-6-10-18-14/h5-11,17H,3-4,12H2,1-2H3. The molecule has 0 atom stereocenters. The Kier molecular flexibility index (Phi) is 5.26. The molecule has 1 N–H and O–H groups in total. The van der Waals surface area contributed by atoms with Gasteiger partial charge in [0.2, 0.25) is 0 Å². The van der Waals surface area contributed by atoms with Crippen LogP contribution in [0.15, 0.2) is 42.7 Å². The van der Waals surface area contributed by atoms with E-state index in [4.69, 9.17) is 0 Å². The van der Waals surface area contributed by atoms with E-state index in [1.165, 1.54) is 0 Å². The zero-order valence-corrected chi connectivity index (χ0v) is 12.4. The summed E-state index contributed by atoms with van der Waals surface area (Å²) in [7, 11) is 0. The highest BCUT2D eigenvalue weighted by Gasteiger charge is 2.16. The number of nitrogens with one attached hydrogen (secondary N) is 1. The third-order valence-corrected chi connectivity index (χ3v) is 3.11. The Labute approximate surface area is 125 Å². The monoisotopic (exact) mass is 284 g/mol. The van der Waals surface area contributed by atoms with E-state index in [0.717, 1.165) is 17.9 Å². The largest absolute Gasteiger partial charge is 0.384 e. The molecule has 0 aliphatic rings. The number of rotatable bonds is 6. The molecule has 5 heteroatoms. The average molecular weight is 284 g/mol. The lowest BCUT2D eigenvalue weighted by Gasteiger charge is -2.20. The molecule has 2 rings (SSSR count). The number of carbonyl (C=O) groups excluding carboxylic acids is 1. The van der Waals surface area contributed by atoms with E-state index in [1.807, 2.05) is 38.1 Å². The summed E-state index contributed by atoms with van der Waals surface area (Å²) in [6, 6.07) is 9.32. The third kappa shape index (κ3) is 4.02. The SMILES string of the molecule is CCNc1ccc(C(=O)N(CC)Cc2ccccn2)nc1. The zero-order chi connectivity index (χ0) is 15.1. The summed E-state index contributed by atoms with van der Waals surface area (Å²) >= 11 is 0. The van der Waals surface area contributed by atoms with Gasteiger partial charge < -0.3 is 10.2 Å². The van der Waals surface area contributed by atoms with Gasteiger partial charge in [-0.05, 0) is 38.1 Å². The summed E-state index contributed by atoms with van der Waals surface area (Å²) in [5.41, 5.74) is 2.24. The second-order valence-corrected chi connectivity index (χ2v) is 4.60. The lowest BCUT2D eigenvalue weighted by molar-refractivity contribution is 0.0744. The number of amides is 1. The lowest BCUT2D eigenvalue weighted by Crippen LogP contribution is -2.31. The Hall–Kier alpha value is -2.43. The first kappa shape index (κ1) is 15.0. The van der Waals surface area contributed by atoms with Gasteiger partial charge in [0.05, 0.1) is 24.1 Å². The highest BCUT2D eigenvalue weighted by Crippen LogP contribution is 2.10. The molecule has 0 aliphatic carbocycles. The average Bonchev–Trinajstić information content (AvgIpc) is 2.54. The first-order valence-electron chi connectivity index (χ1n) is 7.13. The van der Waals surface area contributed by atoms with Crippen molar-refractivity contribution in [2.75, 3.05) is 18.4 Å². The number of anilines is 1.